The molecule has 4 nitrogen and oxygen atoms in total. The second-order valence-electron chi connectivity index (χ2n) is 9.60. The van der Waals surface area contributed by atoms with Gasteiger partial charge in [-0.2, -0.15) is 0 Å². The number of esters is 2. The molecule has 0 heterocycles. The van der Waals surface area contributed by atoms with Crippen LogP contribution in [0.1, 0.15) is 123 Å². The van der Waals surface area contributed by atoms with Crippen molar-refractivity contribution in [3.05, 3.63) is 35.1 Å². The summed E-state index contributed by atoms with van der Waals surface area (Å²) in [6.45, 7) is 5.21. The topological polar surface area (TPSA) is 52.6 Å². The van der Waals surface area contributed by atoms with Gasteiger partial charge in [0, 0.05) is 11.6 Å². The maximum absolute atomic E-state index is 13.8. The first kappa shape index (κ1) is 32.0. The van der Waals surface area contributed by atoms with Gasteiger partial charge in [-0.3, -0.25) is 9.59 Å². The van der Waals surface area contributed by atoms with E-state index in [0.717, 1.165) is 19.3 Å². The third kappa shape index (κ3) is 10.9. The monoisotopic (exact) mass is 514 g/mol. The minimum atomic E-state index is -1.51. The summed E-state index contributed by atoms with van der Waals surface area (Å²) in [5.41, 5.74) is -1.81. The number of carbonyl (C=O) groups excluding carboxylic acids is 2. The first-order valence-corrected chi connectivity index (χ1v) is 13.8. The molecule has 1 aromatic carbocycles. The number of hydrogen-bond donors (Lipinski definition) is 0. The van der Waals surface area contributed by atoms with Crippen LogP contribution in [0.3, 0.4) is 0 Å². The highest BCUT2D eigenvalue weighted by atomic mass is 19.2. The molecule has 0 aliphatic carbocycles. The summed E-state index contributed by atoms with van der Waals surface area (Å²) in [5, 5.41) is 0. The molecule has 0 bridgehead atoms. The van der Waals surface area contributed by atoms with Gasteiger partial charge in [0.1, 0.15) is 12.4 Å². The van der Waals surface area contributed by atoms with Crippen LogP contribution in [-0.4, -0.2) is 18.5 Å². The molecule has 36 heavy (non-hydrogen) atoms. The van der Waals surface area contributed by atoms with Gasteiger partial charge in [-0.25, -0.2) is 13.2 Å². The van der Waals surface area contributed by atoms with Gasteiger partial charge < -0.3 is 9.47 Å². The van der Waals surface area contributed by atoms with Gasteiger partial charge >= 0.3 is 11.9 Å². The summed E-state index contributed by atoms with van der Waals surface area (Å²) in [4.78, 5) is 25.5. The largest absolute Gasteiger partial charge is 0.465 e. The number of carbonyl (C=O) groups is 2. The van der Waals surface area contributed by atoms with Gasteiger partial charge in [-0.1, -0.05) is 97.8 Å². The van der Waals surface area contributed by atoms with Gasteiger partial charge in [-0.15, -0.1) is 0 Å². The highest BCUT2D eigenvalue weighted by Gasteiger charge is 2.46. The van der Waals surface area contributed by atoms with Crippen LogP contribution in [-0.2, 0) is 25.7 Å². The Morgan fingerprint density at radius 2 is 1.08 bits per heavy atom. The number of ether oxygens (including phenoxy) is 2. The molecule has 0 radical (unpaired) electrons. The zero-order valence-corrected chi connectivity index (χ0v) is 22.4. The Bertz CT molecular complexity index is 778. The van der Waals surface area contributed by atoms with E-state index in [-0.39, 0.29) is 25.0 Å². The van der Waals surface area contributed by atoms with Crippen molar-refractivity contribution < 1.29 is 32.2 Å². The van der Waals surface area contributed by atoms with Crippen molar-refractivity contribution in [2.24, 2.45) is 5.41 Å². The van der Waals surface area contributed by atoms with Crippen LogP contribution >= 0.6 is 0 Å². The minimum Gasteiger partial charge on any atom is -0.465 e. The second-order valence-corrected chi connectivity index (χ2v) is 9.60. The summed E-state index contributed by atoms with van der Waals surface area (Å²) < 4.78 is 50.9. The number of unbranched alkanes of at least 4 members (excludes halogenated alkanes) is 12. The molecule has 0 aliphatic heterocycles. The van der Waals surface area contributed by atoms with E-state index in [1.165, 1.54) is 64.2 Å². The van der Waals surface area contributed by atoms with Crippen molar-refractivity contribution in [1.29, 1.82) is 0 Å². The number of rotatable bonds is 20. The number of benzene rings is 1. The SMILES string of the molecule is CCCCCCCCCCCCCCCOC(=O)C(CC)(CC)C(=O)OCc1cc(F)c(F)cc1F. The Labute approximate surface area is 215 Å². The Hall–Kier alpha value is -2.05. The van der Waals surface area contributed by atoms with Crippen molar-refractivity contribution in [2.45, 2.75) is 124 Å². The van der Waals surface area contributed by atoms with Crippen molar-refractivity contribution >= 4 is 11.9 Å². The van der Waals surface area contributed by atoms with E-state index in [4.69, 9.17) is 9.47 Å². The lowest BCUT2D eigenvalue weighted by atomic mass is 9.82. The van der Waals surface area contributed by atoms with Gasteiger partial charge in [-0.05, 0) is 25.3 Å². The quantitative estimate of drug-likeness (QED) is 0.0757. The van der Waals surface area contributed by atoms with E-state index in [0.29, 0.717) is 12.1 Å². The third-order valence-corrected chi connectivity index (χ3v) is 6.92. The van der Waals surface area contributed by atoms with Crippen LogP contribution in [0.15, 0.2) is 12.1 Å². The average Bonchev–Trinajstić information content (AvgIpc) is 2.86. The fourth-order valence-electron chi connectivity index (χ4n) is 4.29. The van der Waals surface area contributed by atoms with Crippen molar-refractivity contribution in [3.63, 3.8) is 0 Å². The Balaban J connectivity index is 2.30. The summed E-state index contributed by atoms with van der Waals surface area (Å²) >= 11 is 0. The molecule has 0 saturated carbocycles. The highest BCUT2D eigenvalue weighted by molar-refractivity contribution is 6.00. The number of halogens is 3. The maximum Gasteiger partial charge on any atom is 0.323 e. The first-order chi connectivity index (χ1) is 17.3. The van der Waals surface area contributed by atoms with E-state index in [1.54, 1.807) is 13.8 Å². The lowest BCUT2D eigenvalue weighted by molar-refractivity contribution is -0.174. The third-order valence-electron chi connectivity index (χ3n) is 6.92. The van der Waals surface area contributed by atoms with E-state index in [9.17, 15) is 22.8 Å². The minimum absolute atomic E-state index is 0.153. The molecule has 0 aliphatic rings. The predicted molar refractivity (Wildman–Crippen MR) is 136 cm³/mol. The van der Waals surface area contributed by atoms with Gasteiger partial charge in [0.05, 0.1) is 6.61 Å². The Morgan fingerprint density at radius 1 is 0.639 bits per heavy atom. The van der Waals surface area contributed by atoms with Crippen molar-refractivity contribution in [2.75, 3.05) is 6.61 Å². The van der Waals surface area contributed by atoms with E-state index in [1.807, 2.05) is 0 Å². The molecule has 0 fully saturated rings. The molecule has 0 N–H and O–H groups in total. The van der Waals surface area contributed by atoms with Crippen molar-refractivity contribution in [1.82, 2.24) is 0 Å². The van der Waals surface area contributed by atoms with Crippen LogP contribution in [0.4, 0.5) is 13.2 Å². The smallest absolute Gasteiger partial charge is 0.323 e. The Kier molecular flexibility index (Phi) is 16.2. The molecule has 0 amide bonds. The summed E-state index contributed by atoms with van der Waals surface area (Å²) in [7, 11) is 0. The summed E-state index contributed by atoms with van der Waals surface area (Å²) in [6.07, 6.45) is 16.1. The molecule has 7 heteroatoms. The zero-order chi connectivity index (χ0) is 26.8. The Morgan fingerprint density at radius 3 is 1.58 bits per heavy atom. The maximum atomic E-state index is 13.8. The second kappa shape index (κ2) is 18.2. The van der Waals surface area contributed by atoms with Crippen LogP contribution in [0.25, 0.3) is 0 Å². The normalized spacial score (nSPS) is 11.5. The van der Waals surface area contributed by atoms with Crippen LogP contribution in [0.2, 0.25) is 0 Å². The molecule has 0 aromatic heterocycles. The van der Waals surface area contributed by atoms with Crippen LogP contribution in [0.5, 0.6) is 0 Å². The van der Waals surface area contributed by atoms with Gasteiger partial charge in [0.2, 0.25) is 0 Å². The van der Waals surface area contributed by atoms with E-state index < -0.39 is 41.4 Å². The molecule has 0 spiro atoms. The van der Waals surface area contributed by atoms with Crippen molar-refractivity contribution in [3.8, 4) is 0 Å². The van der Waals surface area contributed by atoms with Crippen LogP contribution < -0.4 is 0 Å². The molecule has 0 unspecified atom stereocenters. The average molecular weight is 515 g/mol. The van der Waals surface area contributed by atoms with Gasteiger partial charge in [0.25, 0.3) is 0 Å². The molecule has 0 saturated heterocycles. The first-order valence-electron chi connectivity index (χ1n) is 13.8. The fourth-order valence-corrected chi connectivity index (χ4v) is 4.29. The van der Waals surface area contributed by atoms with E-state index >= 15 is 0 Å². The molecular formula is C29H45F3O4. The molecule has 1 aromatic rings. The standard InChI is InChI=1S/C29H45F3O4/c1-4-7-8-9-10-11-12-13-14-15-16-17-18-19-35-27(33)29(5-2,6-3)28(34)36-22-23-20-25(31)26(32)21-24(23)30/h20-21H,4-19,22H2,1-3H3. The molecule has 0 atom stereocenters. The molecule has 1 rings (SSSR count). The lowest BCUT2D eigenvalue weighted by Crippen LogP contribution is -2.41. The summed E-state index contributed by atoms with van der Waals surface area (Å²) in [5.74, 6) is -5.10. The lowest BCUT2D eigenvalue weighted by Gasteiger charge is -2.27. The molecule has 206 valence electrons. The highest BCUT2D eigenvalue weighted by Crippen LogP contribution is 2.31. The van der Waals surface area contributed by atoms with Gasteiger partial charge in [0.15, 0.2) is 17.0 Å². The fraction of sp³-hybridized carbons (Fsp3) is 0.724. The predicted octanol–water partition coefficient (Wildman–Crippen LogP) is 8.59. The van der Waals surface area contributed by atoms with E-state index in [2.05, 4.69) is 6.92 Å². The molecular weight excluding hydrogens is 469 g/mol. The zero-order valence-electron chi connectivity index (χ0n) is 22.4. The van der Waals surface area contributed by atoms with Crippen LogP contribution in [0, 0.1) is 22.9 Å². The summed E-state index contributed by atoms with van der Waals surface area (Å²) in [6, 6.07) is 1.04. The number of hydrogen-bond acceptors (Lipinski definition) is 4.